The van der Waals surface area contributed by atoms with Gasteiger partial charge in [0.15, 0.2) is 0 Å². The van der Waals surface area contributed by atoms with Crippen molar-refractivity contribution in [3.63, 3.8) is 0 Å². The van der Waals surface area contributed by atoms with E-state index in [0.29, 0.717) is 42.1 Å². The van der Waals surface area contributed by atoms with E-state index in [4.69, 9.17) is 27.9 Å². The molecule has 30 heavy (non-hydrogen) atoms. The minimum Gasteiger partial charge on any atom is -0.394 e. The van der Waals surface area contributed by atoms with Crippen molar-refractivity contribution in [2.75, 3.05) is 32.2 Å². The third-order valence-corrected chi connectivity index (χ3v) is 5.60. The first-order valence-corrected chi connectivity index (χ1v) is 10.4. The second-order valence-electron chi connectivity index (χ2n) is 7.20. The number of carbonyl (C=O) groups excluding carboxylic acids is 1. The van der Waals surface area contributed by atoms with E-state index >= 15 is 0 Å². The van der Waals surface area contributed by atoms with Crippen LogP contribution in [-0.2, 0) is 17.7 Å². The van der Waals surface area contributed by atoms with Crippen LogP contribution in [0.2, 0.25) is 10.0 Å². The molecule has 0 saturated carbocycles. The second kappa shape index (κ2) is 10.3. The molecule has 1 aliphatic heterocycles. The van der Waals surface area contributed by atoms with Crippen molar-refractivity contribution < 1.29 is 14.6 Å². The minimum absolute atomic E-state index is 0.0232. The van der Waals surface area contributed by atoms with E-state index in [1.165, 1.54) is 0 Å². The summed E-state index contributed by atoms with van der Waals surface area (Å²) in [7, 11) is 1.58. The van der Waals surface area contributed by atoms with E-state index in [1.54, 1.807) is 30.3 Å². The standard InChI is InChI=1S/C20H25Cl2N5O3/c1-12(10-28)24-19-23-8-14-5-6-27(9-17(14)25-19)20(29)26-18(11-30-2)13-3-4-15(21)16(22)7-13/h3-4,7-8,12,18,28H,5-6,9-11H2,1-2H3,(H,26,29)(H,23,24,25). The maximum Gasteiger partial charge on any atom is 0.318 e. The van der Waals surface area contributed by atoms with E-state index in [2.05, 4.69) is 20.6 Å². The summed E-state index contributed by atoms with van der Waals surface area (Å²) in [5.74, 6) is 0.436. The zero-order chi connectivity index (χ0) is 21.7. The van der Waals surface area contributed by atoms with Crippen LogP contribution in [0.5, 0.6) is 0 Å². The molecule has 2 heterocycles. The third-order valence-electron chi connectivity index (χ3n) is 4.86. The van der Waals surface area contributed by atoms with Gasteiger partial charge >= 0.3 is 6.03 Å². The normalized spacial score (nSPS) is 15.3. The van der Waals surface area contributed by atoms with Crippen LogP contribution in [0.25, 0.3) is 0 Å². The lowest BCUT2D eigenvalue weighted by molar-refractivity contribution is 0.152. The van der Waals surface area contributed by atoms with Gasteiger partial charge in [-0.05, 0) is 36.6 Å². The molecule has 10 heteroatoms. The van der Waals surface area contributed by atoms with Gasteiger partial charge in [-0.25, -0.2) is 14.8 Å². The molecule has 2 unspecified atom stereocenters. The van der Waals surface area contributed by atoms with Gasteiger partial charge in [-0.1, -0.05) is 29.3 Å². The number of nitrogens with one attached hydrogen (secondary N) is 2. The van der Waals surface area contributed by atoms with Crippen LogP contribution in [0, 0.1) is 0 Å². The summed E-state index contributed by atoms with van der Waals surface area (Å²) in [6.45, 7) is 3.03. The molecule has 3 rings (SSSR count). The van der Waals surface area contributed by atoms with E-state index in [9.17, 15) is 9.90 Å². The number of nitrogens with zero attached hydrogens (tertiary/aromatic N) is 3. The van der Waals surface area contributed by atoms with Crippen molar-refractivity contribution in [1.29, 1.82) is 0 Å². The first-order chi connectivity index (χ1) is 14.4. The van der Waals surface area contributed by atoms with Crippen LogP contribution >= 0.6 is 23.2 Å². The van der Waals surface area contributed by atoms with Crippen molar-refractivity contribution in [2.24, 2.45) is 0 Å². The van der Waals surface area contributed by atoms with E-state index in [0.717, 1.165) is 16.8 Å². The molecular formula is C20H25Cl2N5O3. The zero-order valence-corrected chi connectivity index (χ0v) is 18.4. The van der Waals surface area contributed by atoms with Crippen LogP contribution in [0.1, 0.15) is 29.8 Å². The Morgan fingerprint density at radius 2 is 2.17 bits per heavy atom. The predicted molar refractivity (Wildman–Crippen MR) is 116 cm³/mol. The Bertz CT molecular complexity index is 899. The highest BCUT2D eigenvalue weighted by Crippen LogP contribution is 2.26. The number of urea groups is 1. The molecule has 0 bridgehead atoms. The number of aliphatic hydroxyl groups is 1. The van der Waals surface area contributed by atoms with E-state index < -0.39 is 0 Å². The van der Waals surface area contributed by atoms with Gasteiger partial charge < -0.3 is 25.4 Å². The first kappa shape index (κ1) is 22.6. The Hall–Kier alpha value is -2.13. The quantitative estimate of drug-likeness (QED) is 0.595. The number of ether oxygens (including phenoxy) is 1. The highest BCUT2D eigenvalue weighted by Gasteiger charge is 2.25. The first-order valence-electron chi connectivity index (χ1n) is 9.62. The lowest BCUT2D eigenvalue weighted by atomic mass is 10.1. The van der Waals surface area contributed by atoms with Crippen LogP contribution in [-0.4, -0.2) is 58.9 Å². The second-order valence-corrected chi connectivity index (χ2v) is 8.01. The third kappa shape index (κ3) is 5.51. The van der Waals surface area contributed by atoms with Crippen LogP contribution in [0.4, 0.5) is 10.7 Å². The largest absolute Gasteiger partial charge is 0.394 e. The lowest BCUT2D eigenvalue weighted by Crippen LogP contribution is -2.45. The fourth-order valence-corrected chi connectivity index (χ4v) is 3.48. The number of amides is 2. The molecule has 162 valence electrons. The zero-order valence-electron chi connectivity index (χ0n) is 16.9. The topological polar surface area (TPSA) is 99.6 Å². The maximum absolute atomic E-state index is 12.9. The summed E-state index contributed by atoms with van der Waals surface area (Å²) in [4.78, 5) is 23.4. The lowest BCUT2D eigenvalue weighted by Gasteiger charge is -2.30. The molecule has 0 saturated heterocycles. The highest BCUT2D eigenvalue weighted by atomic mass is 35.5. The van der Waals surface area contributed by atoms with Crippen LogP contribution in [0.3, 0.4) is 0 Å². The number of benzene rings is 1. The highest BCUT2D eigenvalue weighted by molar-refractivity contribution is 6.42. The Labute approximate surface area is 185 Å². The Morgan fingerprint density at radius 3 is 2.87 bits per heavy atom. The molecule has 2 atom stereocenters. The molecular weight excluding hydrogens is 429 g/mol. The SMILES string of the molecule is COCC(NC(=O)N1CCc2cnc(NC(C)CO)nc2C1)c1ccc(Cl)c(Cl)c1. The van der Waals surface area contributed by atoms with Crippen molar-refractivity contribution in [3.8, 4) is 0 Å². The number of aromatic nitrogens is 2. The fraction of sp³-hybridized carbons (Fsp3) is 0.450. The number of rotatable bonds is 7. The monoisotopic (exact) mass is 453 g/mol. The fourth-order valence-electron chi connectivity index (χ4n) is 3.17. The van der Waals surface area contributed by atoms with Crippen LogP contribution < -0.4 is 10.6 Å². The average molecular weight is 454 g/mol. The summed E-state index contributed by atoms with van der Waals surface area (Å²) in [5, 5.41) is 16.1. The molecule has 2 aromatic rings. The Morgan fingerprint density at radius 1 is 1.37 bits per heavy atom. The van der Waals surface area contributed by atoms with Gasteiger partial charge in [-0.15, -0.1) is 0 Å². The molecule has 3 N–H and O–H groups in total. The summed E-state index contributed by atoms with van der Waals surface area (Å²) >= 11 is 12.1. The number of fused-ring (bicyclic) bond motifs is 1. The van der Waals surface area contributed by atoms with Gasteiger partial charge in [-0.2, -0.15) is 0 Å². The van der Waals surface area contributed by atoms with Gasteiger partial charge in [0.05, 0.1) is 41.5 Å². The number of anilines is 1. The van der Waals surface area contributed by atoms with Gasteiger partial charge in [0.2, 0.25) is 5.95 Å². The van der Waals surface area contributed by atoms with E-state index in [-0.39, 0.29) is 24.7 Å². The Balaban J connectivity index is 1.70. The number of aliphatic hydroxyl groups excluding tert-OH is 1. The predicted octanol–water partition coefficient (Wildman–Crippen LogP) is 3.03. The van der Waals surface area contributed by atoms with E-state index in [1.807, 2.05) is 13.0 Å². The summed E-state index contributed by atoms with van der Waals surface area (Å²) in [6, 6.07) is 4.50. The minimum atomic E-state index is -0.369. The Kier molecular flexibility index (Phi) is 7.71. The molecule has 0 aliphatic carbocycles. The molecule has 1 aliphatic rings. The summed E-state index contributed by atoms with van der Waals surface area (Å²) < 4.78 is 5.28. The molecule has 0 radical (unpaired) electrons. The smallest absolute Gasteiger partial charge is 0.318 e. The average Bonchev–Trinajstić information content (AvgIpc) is 2.74. The molecule has 1 aromatic carbocycles. The van der Waals surface area contributed by atoms with Gasteiger partial charge in [0.1, 0.15) is 0 Å². The summed E-state index contributed by atoms with van der Waals surface area (Å²) in [5.41, 5.74) is 2.61. The number of halogens is 2. The summed E-state index contributed by atoms with van der Waals surface area (Å²) in [6.07, 6.45) is 2.44. The molecule has 0 spiro atoms. The van der Waals surface area contributed by atoms with Crippen molar-refractivity contribution in [1.82, 2.24) is 20.2 Å². The van der Waals surface area contributed by atoms with Crippen molar-refractivity contribution in [2.45, 2.75) is 32.0 Å². The van der Waals surface area contributed by atoms with Crippen LogP contribution in [0.15, 0.2) is 24.4 Å². The van der Waals surface area contributed by atoms with Crippen molar-refractivity contribution in [3.05, 3.63) is 51.3 Å². The number of hydrogen-bond acceptors (Lipinski definition) is 6. The number of methoxy groups -OCH3 is 1. The molecule has 8 nitrogen and oxygen atoms in total. The van der Waals surface area contributed by atoms with Gasteiger partial charge in [0.25, 0.3) is 0 Å². The maximum atomic E-state index is 12.9. The van der Waals surface area contributed by atoms with Gasteiger partial charge in [-0.3, -0.25) is 0 Å². The molecule has 1 aromatic heterocycles. The number of hydrogen-bond donors (Lipinski definition) is 3. The molecule has 2 amide bonds. The van der Waals surface area contributed by atoms with Crippen molar-refractivity contribution >= 4 is 35.2 Å². The van der Waals surface area contributed by atoms with Gasteiger partial charge in [0, 0.05) is 25.9 Å². The molecule has 0 fully saturated rings. The number of carbonyl (C=O) groups is 1.